The minimum Gasteiger partial charge on any atom is -0.618 e. The normalized spacial score (nSPS) is 9.77. The van der Waals surface area contributed by atoms with Crippen LogP contribution in [0.15, 0.2) is 162 Å². The first-order valence-corrected chi connectivity index (χ1v) is 32.4. The van der Waals surface area contributed by atoms with Crippen molar-refractivity contribution in [2.45, 2.75) is 72.1 Å². The minimum absolute atomic E-state index is 0. The number of halogens is 13. The Hall–Kier alpha value is -8.12. The van der Waals surface area contributed by atoms with E-state index >= 15 is 0 Å². The number of carbonyl (C=O) groups excluding carboxylic acids is 5. The van der Waals surface area contributed by atoms with Crippen LogP contribution in [0.1, 0.15) is 57.5 Å². The number of aromatic nitrogens is 8. The molecule has 0 spiro atoms. The summed E-state index contributed by atoms with van der Waals surface area (Å²) in [5, 5.41) is 53.1. The third-order valence-electron chi connectivity index (χ3n) is 11.4. The van der Waals surface area contributed by atoms with E-state index in [1.54, 1.807) is 31.3 Å². The van der Waals surface area contributed by atoms with E-state index in [0.29, 0.717) is 59.9 Å². The smallest absolute Gasteiger partial charge is 0.618 e. The summed E-state index contributed by atoms with van der Waals surface area (Å²) in [4.78, 5) is 77.2. The van der Waals surface area contributed by atoms with Crippen LogP contribution in [0.4, 0.5) is 40.8 Å². The zero-order chi connectivity index (χ0) is 75.8. The maximum Gasteiger partial charge on any atom is 1.00 e. The summed E-state index contributed by atoms with van der Waals surface area (Å²) in [7, 11) is -3.93. The number of hydrogen-bond acceptors (Lipinski definition) is 19. The molecule has 0 bridgehead atoms. The van der Waals surface area contributed by atoms with Crippen molar-refractivity contribution in [2.75, 3.05) is 0 Å². The van der Waals surface area contributed by atoms with Crippen molar-refractivity contribution in [1.82, 2.24) is 29.8 Å². The summed E-state index contributed by atoms with van der Waals surface area (Å²) in [6.45, 7) is 6.52. The third kappa shape index (κ3) is 33.5. The first-order valence-electron chi connectivity index (χ1n) is 27.1. The molecule has 9 aromatic rings. The van der Waals surface area contributed by atoms with E-state index in [1.807, 2.05) is 6.92 Å². The van der Waals surface area contributed by atoms with Crippen molar-refractivity contribution >= 4 is 127 Å². The molecule has 0 aliphatic carbocycles. The van der Waals surface area contributed by atoms with Crippen LogP contribution in [-0.4, -0.2) is 80.2 Å². The van der Waals surface area contributed by atoms with Gasteiger partial charge in [-0.05, 0) is 155 Å². The number of hydrogen-bond donors (Lipinski definition) is 1. The van der Waals surface area contributed by atoms with Crippen molar-refractivity contribution in [1.29, 1.82) is 0 Å². The molecule has 0 aliphatic rings. The molecule has 0 radical (unpaired) electrons. The van der Waals surface area contributed by atoms with Gasteiger partial charge < -0.3 is 40.4 Å². The van der Waals surface area contributed by atoms with E-state index in [-0.39, 0.29) is 120 Å². The van der Waals surface area contributed by atoms with Crippen molar-refractivity contribution < 1.29 is 125 Å². The molecular formula is C61H53Br5F8N11NaO14S. The van der Waals surface area contributed by atoms with E-state index in [4.69, 9.17) is 18.9 Å². The molecule has 0 unspecified atom stereocenters. The van der Waals surface area contributed by atoms with Gasteiger partial charge >= 0.3 is 35.2 Å². The number of benzene rings is 1. The zero-order valence-corrected chi connectivity index (χ0v) is 63.9. The molecular weight excluding hydrogens is 1720 g/mol. The molecule has 0 fully saturated rings. The molecule has 0 saturated carbocycles. The van der Waals surface area contributed by atoms with Crippen molar-refractivity contribution in [3.8, 4) is 0 Å². The molecule has 9 rings (SSSR count). The summed E-state index contributed by atoms with van der Waals surface area (Å²) >= 11 is 14.9. The number of pyridine rings is 8. The van der Waals surface area contributed by atoms with Gasteiger partial charge in [-0.2, -0.15) is 31.4 Å². The first kappa shape index (κ1) is 92.9. The maximum atomic E-state index is 13.6. The average molecular weight is 1770 g/mol. The fourth-order valence-electron chi connectivity index (χ4n) is 6.08. The van der Waals surface area contributed by atoms with Gasteiger partial charge in [0.2, 0.25) is 35.7 Å². The van der Waals surface area contributed by atoms with Crippen molar-refractivity contribution in [3.05, 3.63) is 286 Å². The molecule has 25 nitrogen and oxygen atoms in total. The maximum absolute atomic E-state index is 13.6. The fraction of sp³-hybridized carbons (Fsp3) is 0.164. The molecule has 4 amide bonds. The number of rotatable bonds is 15. The standard InChI is InChI=1S/C13H11BrFNO3S.C8H6BrFN2O2.C8H7BrFNO.2C6H5BrFNO.C6H5FN2O3.C6H6FNO.C6H6FN.C2H3NO2.Na/c1-9-2-4-10(5-3-9)20(17,18)19-8-12-13(15)11(14)6-7-16-12;9-6-1-2-11-7(8(6)10)3-12(4-13)5-14;9-6-3-4-11-7(8(6)10)2-1-5-12;1-4-6(8)5(7)2-3-9(4)10;7-4-1-2-9-5(3-10)6(4)8;1-4-6(7)5(9(11)12)2-3-8(4)10;1-5-6(7)3-2-4-8(5)9;1-5-6(7)3-2-4-8-5;4-1-3-2-5;/h2-7H,8H2,1H3;1-2,4-5H,3H2;3-5H,1-2H2;2-3H,1H3;1-2,10H,3H2;2-3H,1H3;2-4H,1H3;2-4H,1H3;1-2H,(H,3,4,5);/q;;;;;;;;;+1/p-1. The number of carbonyl (C=O) groups is 5. The minimum atomic E-state index is -3.93. The molecule has 8 aromatic heterocycles. The molecule has 534 valence electrons. The summed E-state index contributed by atoms with van der Waals surface area (Å²) < 4.78 is 134. The second kappa shape index (κ2) is 49.4. The average Bonchev–Trinajstić information content (AvgIpc) is 0.848. The Morgan fingerprint density at radius 3 is 1.40 bits per heavy atom. The van der Waals surface area contributed by atoms with Crippen molar-refractivity contribution in [2.24, 2.45) is 0 Å². The Labute approximate surface area is 635 Å². The van der Waals surface area contributed by atoms with Crippen LogP contribution < -0.4 is 43.7 Å². The second-order valence-corrected chi connectivity index (χ2v) is 24.1. The van der Waals surface area contributed by atoms with E-state index in [0.717, 1.165) is 29.0 Å². The molecule has 0 aliphatic heterocycles. The van der Waals surface area contributed by atoms with Gasteiger partial charge in [-0.25, -0.2) is 26.3 Å². The number of amides is 4. The topological polar surface area (TPSA) is 355 Å². The third-order valence-corrected chi connectivity index (χ3v) is 15.8. The van der Waals surface area contributed by atoms with E-state index < -0.39 is 62.2 Å². The van der Waals surface area contributed by atoms with Gasteiger partial charge in [-0.3, -0.25) is 53.7 Å². The number of imide groups is 2. The van der Waals surface area contributed by atoms with Gasteiger partial charge in [0.15, 0.2) is 47.7 Å². The van der Waals surface area contributed by atoms with Crippen LogP contribution in [0, 0.1) is 107 Å². The molecule has 8 heterocycles. The SMILES string of the molecule is Cc1c(F)c(Br)cc[n+]1[O-].Cc1c(F)c([N+](=O)[O-])cc[n+]1[O-].Cc1c(F)ccc[n+]1[O-].Cc1ccc(S(=O)(=O)OCc2nccc(Br)c2F)cc1.Cc1ncccc1F.O=CCCc1nccc(Br)c1F.O=CN(C=O)Cc1nccc(Br)c1F.O=C[N-]C=O.OCc1nccc(Br)c1F.[Na+]. The summed E-state index contributed by atoms with van der Waals surface area (Å²) in [5.74, 6) is -4.37. The van der Waals surface area contributed by atoms with Crippen LogP contribution in [-0.2, 0) is 64.5 Å². The number of aliphatic hydroxyl groups excluding tert-OH is 1. The summed E-state index contributed by atoms with van der Waals surface area (Å²) in [6.07, 6.45) is 13.1. The largest absolute Gasteiger partial charge is 1.00 e. The Morgan fingerprint density at radius 2 is 0.980 bits per heavy atom. The Bertz CT molecular complexity index is 4220. The van der Waals surface area contributed by atoms with Crippen LogP contribution in [0.25, 0.3) is 5.32 Å². The number of aryl methyl sites for hydroxylation is 3. The first-order chi connectivity index (χ1) is 47.2. The van der Waals surface area contributed by atoms with E-state index in [1.165, 1.54) is 119 Å². The molecule has 0 saturated heterocycles. The molecule has 101 heavy (non-hydrogen) atoms. The van der Waals surface area contributed by atoms with Crippen LogP contribution in [0.3, 0.4) is 0 Å². The monoisotopic (exact) mass is 1760 g/mol. The van der Waals surface area contributed by atoms with E-state index in [2.05, 4.69) is 110 Å². The quantitative estimate of drug-likeness (QED) is 0.0146. The predicted molar refractivity (Wildman–Crippen MR) is 358 cm³/mol. The van der Waals surface area contributed by atoms with Gasteiger partial charge in [0, 0.05) is 83.1 Å². The summed E-state index contributed by atoms with van der Waals surface area (Å²) in [6, 6.07) is 19.9. The predicted octanol–water partition coefficient (Wildman–Crippen LogP) is 9.06. The van der Waals surface area contributed by atoms with Gasteiger partial charge in [-0.15, -0.1) is 0 Å². The molecule has 40 heteroatoms. The molecule has 1 aromatic carbocycles. The number of aldehydes is 1. The Balaban J connectivity index is 0.00000114. The van der Waals surface area contributed by atoms with Crippen LogP contribution >= 0.6 is 79.6 Å². The number of aliphatic hydroxyl groups is 1. The van der Waals surface area contributed by atoms with Gasteiger partial charge in [-0.1, -0.05) is 17.7 Å². The van der Waals surface area contributed by atoms with E-state index in [9.17, 15) is 83.7 Å². The summed E-state index contributed by atoms with van der Waals surface area (Å²) in [5.41, 5.74) is 0.950. The molecule has 0 atom stereocenters. The van der Waals surface area contributed by atoms with Gasteiger partial charge in [0.25, 0.3) is 15.9 Å². The second-order valence-electron chi connectivity index (χ2n) is 18.3. The Morgan fingerprint density at radius 1 is 0.545 bits per heavy atom. The number of nitro groups is 1. The van der Waals surface area contributed by atoms with Crippen LogP contribution in [0.2, 0.25) is 0 Å². The fourth-order valence-corrected chi connectivity index (χ4v) is 8.74. The van der Waals surface area contributed by atoms with Gasteiger partial charge in [0.05, 0.1) is 68.5 Å². The number of nitrogens with zero attached hydrogens (tertiary/aromatic N) is 11. The van der Waals surface area contributed by atoms with Gasteiger partial charge in [0.1, 0.15) is 30.1 Å². The van der Waals surface area contributed by atoms with Crippen molar-refractivity contribution in [3.63, 3.8) is 0 Å². The zero-order valence-electron chi connectivity index (χ0n) is 53.1. The Kier molecular flexibility index (Phi) is 45.5. The molecule has 1 N–H and O–H groups in total. The van der Waals surface area contributed by atoms with Crippen LogP contribution in [0.5, 0.6) is 0 Å².